The molecule has 1 aromatic carbocycles. The van der Waals surface area contributed by atoms with Crippen molar-refractivity contribution in [3.63, 3.8) is 0 Å². The van der Waals surface area contributed by atoms with E-state index in [-0.39, 0.29) is 11.8 Å². The predicted molar refractivity (Wildman–Crippen MR) is 61.4 cm³/mol. The van der Waals surface area contributed by atoms with Gasteiger partial charge in [-0.1, -0.05) is 6.92 Å². The van der Waals surface area contributed by atoms with Gasteiger partial charge in [0.2, 0.25) is 0 Å². The van der Waals surface area contributed by atoms with E-state index in [4.69, 9.17) is 4.42 Å². The van der Waals surface area contributed by atoms with Gasteiger partial charge in [0.15, 0.2) is 23.3 Å². The molecule has 2 rings (SSSR count). The summed E-state index contributed by atoms with van der Waals surface area (Å²) >= 11 is 0. The smallest absolute Gasteiger partial charge is 0.172 e. The average molecular weight is 273 g/mol. The van der Waals surface area contributed by atoms with Gasteiger partial charge in [-0.2, -0.15) is 0 Å². The Morgan fingerprint density at radius 3 is 2.26 bits per heavy atom. The van der Waals surface area contributed by atoms with E-state index in [1.807, 2.05) is 6.92 Å². The number of hydrogen-bond donors (Lipinski definition) is 1. The fraction of sp³-hybridized carbons (Fsp3) is 0.231. The minimum atomic E-state index is -1.47. The Balaban J connectivity index is 2.44. The van der Waals surface area contributed by atoms with E-state index in [0.29, 0.717) is 18.8 Å². The molecule has 0 fully saturated rings. The molecule has 6 heteroatoms. The molecule has 1 heterocycles. The first-order valence-corrected chi connectivity index (χ1v) is 5.67. The quantitative estimate of drug-likeness (QED) is 0.680. The minimum absolute atomic E-state index is 0.163. The van der Waals surface area contributed by atoms with Gasteiger partial charge in [0.05, 0.1) is 12.1 Å². The highest BCUT2D eigenvalue weighted by Gasteiger charge is 2.22. The van der Waals surface area contributed by atoms with E-state index < -0.39 is 28.8 Å². The van der Waals surface area contributed by atoms with Crippen LogP contribution in [0.1, 0.15) is 12.7 Å². The Hall–Kier alpha value is -1.82. The van der Waals surface area contributed by atoms with E-state index in [9.17, 15) is 17.6 Å². The van der Waals surface area contributed by atoms with Gasteiger partial charge in [0.25, 0.3) is 0 Å². The molecule has 0 atom stereocenters. The molecule has 1 N–H and O–H groups in total. The number of benzene rings is 1. The topological polar surface area (TPSA) is 25.2 Å². The van der Waals surface area contributed by atoms with Gasteiger partial charge >= 0.3 is 0 Å². The highest BCUT2D eigenvalue weighted by atomic mass is 19.2. The molecule has 0 radical (unpaired) electrons. The van der Waals surface area contributed by atoms with Crippen LogP contribution in [0.4, 0.5) is 17.6 Å². The van der Waals surface area contributed by atoms with Crippen LogP contribution in [0.5, 0.6) is 0 Å². The SMILES string of the molecule is CCNCc1ccc(-c2c(F)c(F)cc(F)c2F)o1. The van der Waals surface area contributed by atoms with Crippen LogP contribution in [0, 0.1) is 23.3 Å². The molecule has 0 aliphatic carbocycles. The van der Waals surface area contributed by atoms with E-state index in [1.165, 1.54) is 12.1 Å². The lowest BCUT2D eigenvalue weighted by molar-refractivity contribution is 0.445. The van der Waals surface area contributed by atoms with Crippen LogP contribution in [0.15, 0.2) is 22.6 Å². The second kappa shape index (κ2) is 5.44. The third-order valence-corrected chi connectivity index (χ3v) is 2.57. The number of nitrogens with one attached hydrogen (secondary N) is 1. The Morgan fingerprint density at radius 1 is 1.05 bits per heavy atom. The Labute approximate surface area is 107 Å². The first kappa shape index (κ1) is 13.6. The van der Waals surface area contributed by atoms with Crippen LogP contribution in [0.25, 0.3) is 11.3 Å². The van der Waals surface area contributed by atoms with Gasteiger partial charge in [-0.15, -0.1) is 0 Å². The molecule has 2 nitrogen and oxygen atoms in total. The molecule has 2 aromatic rings. The molecule has 0 saturated heterocycles. The summed E-state index contributed by atoms with van der Waals surface area (Å²) in [6.07, 6.45) is 0. The number of rotatable bonds is 4. The van der Waals surface area contributed by atoms with Gasteiger partial charge in [0, 0.05) is 6.07 Å². The molecule has 0 spiro atoms. The predicted octanol–water partition coefficient (Wildman–Crippen LogP) is 3.61. The highest BCUT2D eigenvalue weighted by Crippen LogP contribution is 2.30. The van der Waals surface area contributed by atoms with Crippen LogP contribution in [-0.2, 0) is 6.54 Å². The molecule has 0 bridgehead atoms. The van der Waals surface area contributed by atoms with E-state index in [2.05, 4.69) is 5.32 Å². The maximum absolute atomic E-state index is 13.5. The lowest BCUT2D eigenvalue weighted by Crippen LogP contribution is -2.10. The van der Waals surface area contributed by atoms with E-state index >= 15 is 0 Å². The maximum atomic E-state index is 13.5. The molecule has 102 valence electrons. The summed E-state index contributed by atoms with van der Waals surface area (Å²) in [4.78, 5) is 0. The molecule has 1 aromatic heterocycles. The monoisotopic (exact) mass is 273 g/mol. The maximum Gasteiger partial charge on any atom is 0.172 e. The average Bonchev–Trinajstić information content (AvgIpc) is 2.83. The fourth-order valence-electron chi connectivity index (χ4n) is 1.64. The summed E-state index contributed by atoms with van der Waals surface area (Å²) in [5.74, 6) is -5.69. The van der Waals surface area contributed by atoms with Crippen LogP contribution in [0.3, 0.4) is 0 Å². The third kappa shape index (κ3) is 2.63. The molecule has 0 unspecified atom stereocenters. The lowest BCUT2D eigenvalue weighted by Gasteiger charge is -2.04. The summed E-state index contributed by atoms with van der Waals surface area (Å²) in [5.41, 5.74) is -0.833. The van der Waals surface area contributed by atoms with Crippen LogP contribution in [-0.4, -0.2) is 6.54 Å². The first-order valence-electron chi connectivity index (χ1n) is 5.67. The summed E-state index contributed by atoms with van der Waals surface area (Å²) in [5, 5.41) is 2.95. The van der Waals surface area contributed by atoms with Crippen molar-refractivity contribution in [2.24, 2.45) is 0 Å². The van der Waals surface area contributed by atoms with Crippen molar-refractivity contribution in [3.05, 3.63) is 47.2 Å². The van der Waals surface area contributed by atoms with Gasteiger partial charge < -0.3 is 9.73 Å². The molecule has 0 amide bonds. The largest absolute Gasteiger partial charge is 0.460 e. The van der Waals surface area contributed by atoms with Gasteiger partial charge in [-0.25, -0.2) is 17.6 Å². The van der Waals surface area contributed by atoms with Crippen LogP contribution in [0.2, 0.25) is 0 Å². The standard InChI is InChI=1S/C13H11F4NO/c1-2-18-6-7-3-4-10(19-7)11-12(16)8(14)5-9(15)13(11)17/h3-5,18H,2,6H2,1H3. The fourth-order valence-corrected chi connectivity index (χ4v) is 1.64. The Morgan fingerprint density at radius 2 is 1.68 bits per heavy atom. The van der Waals surface area contributed by atoms with Crippen LogP contribution < -0.4 is 5.32 Å². The van der Waals surface area contributed by atoms with Gasteiger partial charge in [-0.05, 0) is 18.7 Å². The second-order valence-corrected chi connectivity index (χ2v) is 3.89. The normalized spacial score (nSPS) is 11.0. The second-order valence-electron chi connectivity index (χ2n) is 3.89. The van der Waals surface area contributed by atoms with Crippen molar-refractivity contribution >= 4 is 0 Å². The summed E-state index contributed by atoms with van der Waals surface area (Å²) < 4.78 is 58.4. The summed E-state index contributed by atoms with van der Waals surface area (Å²) in [6, 6.07) is 2.92. The molecular weight excluding hydrogens is 262 g/mol. The van der Waals surface area contributed by atoms with Crippen molar-refractivity contribution < 1.29 is 22.0 Å². The summed E-state index contributed by atoms with van der Waals surface area (Å²) in [6.45, 7) is 2.93. The first-order chi connectivity index (χ1) is 9.04. The van der Waals surface area contributed by atoms with Crippen molar-refractivity contribution in [1.29, 1.82) is 0 Å². The van der Waals surface area contributed by atoms with Crippen LogP contribution >= 0.6 is 0 Å². The van der Waals surface area contributed by atoms with Crippen molar-refractivity contribution in [2.45, 2.75) is 13.5 Å². The number of hydrogen-bond acceptors (Lipinski definition) is 2. The zero-order valence-corrected chi connectivity index (χ0v) is 10.1. The third-order valence-electron chi connectivity index (χ3n) is 2.57. The lowest BCUT2D eigenvalue weighted by atomic mass is 10.1. The number of halogens is 4. The Bertz CT molecular complexity index is 568. The highest BCUT2D eigenvalue weighted by molar-refractivity contribution is 5.59. The Kier molecular flexibility index (Phi) is 3.90. The minimum Gasteiger partial charge on any atom is -0.460 e. The van der Waals surface area contributed by atoms with Crippen molar-refractivity contribution in [3.8, 4) is 11.3 Å². The molecule has 0 aliphatic rings. The zero-order valence-electron chi connectivity index (χ0n) is 10.1. The molecular formula is C13H11F4NO. The van der Waals surface area contributed by atoms with Gasteiger partial charge in [-0.3, -0.25) is 0 Å². The molecule has 19 heavy (non-hydrogen) atoms. The summed E-state index contributed by atoms with van der Waals surface area (Å²) in [7, 11) is 0. The molecule has 0 aliphatic heterocycles. The molecule has 0 saturated carbocycles. The van der Waals surface area contributed by atoms with E-state index in [1.54, 1.807) is 0 Å². The number of furan rings is 1. The van der Waals surface area contributed by atoms with Crippen molar-refractivity contribution in [2.75, 3.05) is 6.54 Å². The van der Waals surface area contributed by atoms with Crippen molar-refractivity contribution in [1.82, 2.24) is 5.32 Å². The zero-order chi connectivity index (χ0) is 14.0. The van der Waals surface area contributed by atoms with E-state index in [0.717, 1.165) is 0 Å². The van der Waals surface area contributed by atoms with Gasteiger partial charge in [0.1, 0.15) is 11.5 Å².